The van der Waals surface area contributed by atoms with E-state index in [4.69, 9.17) is 11.6 Å². The number of aromatic nitrogens is 2. The van der Waals surface area contributed by atoms with E-state index < -0.39 is 10.0 Å². The zero-order chi connectivity index (χ0) is 14.5. The molecule has 0 radical (unpaired) electrons. The van der Waals surface area contributed by atoms with Crippen LogP contribution in [-0.4, -0.2) is 36.4 Å². The minimum absolute atomic E-state index is 0.0322. The summed E-state index contributed by atoms with van der Waals surface area (Å²) in [6.45, 7) is 6.90. The highest BCUT2D eigenvalue weighted by molar-refractivity contribution is 7.89. The van der Waals surface area contributed by atoms with Crippen molar-refractivity contribution in [3.05, 3.63) is 17.5 Å². The lowest BCUT2D eigenvalue weighted by molar-refractivity contribution is 0.539. The molecule has 0 spiro atoms. The maximum Gasteiger partial charge on any atom is 0.211 e. The third-order valence-electron chi connectivity index (χ3n) is 2.74. The summed E-state index contributed by atoms with van der Waals surface area (Å²) in [6, 6.07) is 2.01. The molecule has 1 heterocycles. The second kappa shape index (κ2) is 7.26. The van der Waals surface area contributed by atoms with E-state index >= 15 is 0 Å². The summed E-state index contributed by atoms with van der Waals surface area (Å²) in [7, 11) is -3.22. The van der Waals surface area contributed by atoms with Gasteiger partial charge in [-0.25, -0.2) is 13.1 Å². The van der Waals surface area contributed by atoms with E-state index in [-0.39, 0.29) is 11.7 Å². The number of rotatable bonds is 8. The Balaban J connectivity index is 2.33. The largest absolute Gasteiger partial charge is 0.270 e. The van der Waals surface area contributed by atoms with Crippen LogP contribution in [0.1, 0.15) is 24.7 Å². The normalized spacial score (nSPS) is 13.7. The molecule has 0 aliphatic rings. The summed E-state index contributed by atoms with van der Waals surface area (Å²) in [6.07, 6.45) is 0.719. The minimum atomic E-state index is -3.22. The van der Waals surface area contributed by atoms with Crippen molar-refractivity contribution in [3.63, 3.8) is 0 Å². The average Bonchev–Trinajstić information content (AvgIpc) is 2.63. The highest BCUT2D eigenvalue weighted by Gasteiger charge is 2.14. The van der Waals surface area contributed by atoms with Gasteiger partial charge >= 0.3 is 0 Å². The smallest absolute Gasteiger partial charge is 0.211 e. The molecular weight excluding hydrogens is 286 g/mol. The van der Waals surface area contributed by atoms with E-state index in [0.29, 0.717) is 19.0 Å². The highest BCUT2D eigenvalue weighted by atomic mass is 35.5. The van der Waals surface area contributed by atoms with E-state index in [2.05, 4.69) is 9.82 Å². The van der Waals surface area contributed by atoms with Crippen LogP contribution in [0.15, 0.2) is 6.07 Å². The minimum Gasteiger partial charge on any atom is -0.270 e. The molecule has 7 heteroatoms. The zero-order valence-corrected chi connectivity index (χ0v) is 13.3. The first-order valence-corrected chi connectivity index (χ1v) is 8.57. The van der Waals surface area contributed by atoms with Gasteiger partial charge in [-0.3, -0.25) is 4.68 Å². The van der Waals surface area contributed by atoms with Gasteiger partial charge in [0.15, 0.2) is 0 Å². The van der Waals surface area contributed by atoms with Gasteiger partial charge in [0.1, 0.15) is 0 Å². The van der Waals surface area contributed by atoms with Crippen molar-refractivity contribution in [2.75, 3.05) is 18.2 Å². The number of hydrogen-bond acceptors (Lipinski definition) is 3. The second-order valence-electron chi connectivity index (χ2n) is 4.94. The molecule has 110 valence electrons. The molecule has 0 aliphatic heterocycles. The Hall–Kier alpha value is -0.590. The molecule has 1 unspecified atom stereocenters. The van der Waals surface area contributed by atoms with Crippen molar-refractivity contribution in [2.24, 2.45) is 5.92 Å². The first-order chi connectivity index (χ1) is 8.84. The van der Waals surface area contributed by atoms with Crippen LogP contribution < -0.4 is 4.72 Å². The fourth-order valence-corrected chi connectivity index (χ4v) is 3.51. The standard InChI is InChI=1S/C12H22ClN3O2S/c1-10(8-13)9-19(17,18)14-5-4-6-16-12(3)7-11(2)15-16/h7,10,14H,4-6,8-9H2,1-3H3. The van der Waals surface area contributed by atoms with Gasteiger partial charge in [-0.2, -0.15) is 5.10 Å². The van der Waals surface area contributed by atoms with Gasteiger partial charge < -0.3 is 0 Å². The Morgan fingerprint density at radius 1 is 1.47 bits per heavy atom. The van der Waals surface area contributed by atoms with Crippen LogP contribution in [0.4, 0.5) is 0 Å². The molecule has 0 bridgehead atoms. The number of nitrogens with one attached hydrogen (secondary N) is 1. The van der Waals surface area contributed by atoms with Crippen LogP contribution in [0.25, 0.3) is 0 Å². The van der Waals surface area contributed by atoms with E-state index in [1.807, 2.05) is 31.5 Å². The fourth-order valence-electron chi connectivity index (χ4n) is 1.84. The lowest BCUT2D eigenvalue weighted by atomic mass is 10.3. The first kappa shape index (κ1) is 16.5. The molecule has 0 amide bonds. The summed E-state index contributed by atoms with van der Waals surface area (Å²) in [5.74, 6) is 0.401. The van der Waals surface area contributed by atoms with Crippen LogP contribution in [0, 0.1) is 19.8 Å². The predicted molar refractivity (Wildman–Crippen MR) is 78.0 cm³/mol. The molecule has 0 aliphatic carbocycles. The van der Waals surface area contributed by atoms with Crippen LogP contribution >= 0.6 is 11.6 Å². The van der Waals surface area contributed by atoms with Crippen molar-refractivity contribution in [3.8, 4) is 0 Å². The van der Waals surface area contributed by atoms with Crippen LogP contribution in [-0.2, 0) is 16.6 Å². The van der Waals surface area contributed by atoms with Gasteiger partial charge in [0, 0.05) is 24.7 Å². The van der Waals surface area contributed by atoms with E-state index in [9.17, 15) is 8.42 Å². The van der Waals surface area contributed by atoms with Crippen molar-refractivity contribution in [1.82, 2.24) is 14.5 Å². The van der Waals surface area contributed by atoms with Gasteiger partial charge in [-0.1, -0.05) is 6.92 Å². The Morgan fingerprint density at radius 3 is 2.68 bits per heavy atom. The second-order valence-corrected chi connectivity index (χ2v) is 7.10. The number of alkyl halides is 1. The SMILES string of the molecule is Cc1cc(C)n(CCCNS(=O)(=O)CC(C)CCl)n1. The van der Waals surface area contributed by atoms with Crippen LogP contribution in [0.2, 0.25) is 0 Å². The first-order valence-electron chi connectivity index (χ1n) is 6.38. The van der Waals surface area contributed by atoms with Gasteiger partial charge in [-0.15, -0.1) is 11.6 Å². The molecule has 1 aromatic rings. The summed E-state index contributed by atoms with van der Waals surface area (Å²) in [4.78, 5) is 0. The summed E-state index contributed by atoms with van der Waals surface area (Å²) in [5, 5.41) is 4.33. The maximum absolute atomic E-state index is 11.7. The van der Waals surface area contributed by atoms with E-state index in [0.717, 1.165) is 17.8 Å². The molecule has 0 fully saturated rings. The predicted octanol–water partition coefficient (Wildman–Crippen LogP) is 1.68. The molecule has 1 N–H and O–H groups in total. The summed E-state index contributed by atoms with van der Waals surface area (Å²) < 4.78 is 27.9. The molecule has 19 heavy (non-hydrogen) atoms. The molecule has 0 saturated heterocycles. The van der Waals surface area contributed by atoms with E-state index in [1.165, 1.54) is 0 Å². The lowest BCUT2D eigenvalue weighted by Crippen LogP contribution is -2.31. The topological polar surface area (TPSA) is 64.0 Å². The number of hydrogen-bond donors (Lipinski definition) is 1. The third-order valence-corrected chi connectivity index (χ3v) is 4.92. The number of halogens is 1. The van der Waals surface area contributed by atoms with E-state index in [1.54, 1.807) is 0 Å². The lowest BCUT2D eigenvalue weighted by Gasteiger charge is -2.10. The van der Waals surface area contributed by atoms with Gasteiger partial charge in [0.25, 0.3) is 0 Å². The summed E-state index contributed by atoms with van der Waals surface area (Å²) in [5.41, 5.74) is 2.07. The Labute approximate surface area is 120 Å². The zero-order valence-electron chi connectivity index (χ0n) is 11.7. The van der Waals surface area contributed by atoms with Crippen molar-refractivity contribution in [2.45, 2.75) is 33.7 Å². The van der Waals surface area contributed by atoms with Crippen LogP contribution in [0.3, 0.4) is 0 Å². The summed E-state index contributed by atoms with van der Waals surface area (Å²) >= 11 is 5.62. The number of nitrogens with zero attached hydrogens (tertiary/aromatic N) is 2. The van der Waals surface area contributed by atoms with Crippen molar-refractivity contribution in [1.29, 1.82) is 0 Å². The van der Waals surface area contributed by atoms with Crippen LogP contribution in [0.5, 0.6) is 0 Å². The molecule has 0 aromatic carbocycles. The van der Waals surface area contributed by atoms with Crippen molar-refractivity contribution < 1.29 is 8.42 Å². The molecule has 1 rings (SSSR count). The Morgan fingerprint density at radius 2 is 2.16 bits per heavy atom. The monoisotopic (exact) mass is 307 g/mol. The Kier molecular flexibility index (Phi) is 6.29. The number of sulfonamides is 1. The molecule has 1 aromatic heterocycles. The quantitative estimate of drug-likeness (QED) is 0.587. The van der Waals surface area contributed by atoms with Crippen molar-refractivity contribution >= 4 is 21.6 Å². The fraction of sp³-hybridized carbons (Fsp3) is 0.750. The third kappa shape index (κ3) is 5.93. The average molecular weight is 308 g/mol. The van der Waals surface area contributed by atoms with Gasteiger partial charge in [-0.05, 0) is 32.3 Å². The van der Waals surface area contributed by atoms with Gasteiger partial charge in [0.05, 0.1) is 11.4 Å². The number of aryl methyl sites for hydroxylation is 3. The van der Waals surface area contributed by atoms with Gasteiger partial charge in [0.2, 0.25) is 10.0 Å². The maximum atomic E-state index is 11.7. The molecule has 1 atom stereocenters. The highest BCUT2D eigenvalue weighted by Crippen LogP contribution is 2.04. The molecular formula is C12H22ClN3O2S. The Bertz CT molecular complexity index is 499. The molecule has 0 saturated carbocycles. The molecule has 5 nitrogen and oxygen atoms in total.